The number of hydrogen-bond acceptors (Lipinski definition) is 3. The van der Waals surface area contributed by atoms with Gasteiger partial charge in [0, 0.05) is 18.8 Å². The van der Waals surface area contributed by atoms with Crippen molar-refractivity contribution < 1.29 is 9.53 Å². The number of rotatable bonds is 3. The van der Waals surface area contributed by atoms with Gasteiger partial charge in [-0.15, -0.1) is 0 Å². The molecule has 0 spiro atoms. The zero-order valence-corrected chi connectivity index (χ0v) is 13.5. The molecule has 1 heterocycles. The van der Waals surface area contributed by atoms with Crippen LogP contribution in [0, 0.1) is 0 Å². The molecule has 1 aliphatic rings. The second kappa shape index (κ2) is 6.58. The van der Waals surface area contributed by atoms with Gasteiger partial charge in [-0.25, -0.2) is 0 Å². The fraction of sp³-hybridized carbons (Fsp3) is 0.588. The SMILES string of the molecule is CC1CN(CC(=O)Nc2ccccc2C(C)(C)C)CCO1. The first-order chi connectivity index (χ1) is 9.86. The summed E-state index contributed by atoms with van der Waals surface area (Å²) in [6.45, 7) is 11.3. The van der Waals surface area contributed by atoms with E-state index >= 15 is 0 Å². The molecule has 0 bridgehead atoms. The maximum Gasteiger partial charge on any atom is 0.238 e. The average molecular weight is 290 g/mol. The lowest BCUT2D eigenvalue weighted by Gasteiger charge is -2.30. The first kappa shape index (κ1) is 16.0. The van der Waals surface area contributed by atoms with Crippen molar-refractivity contribution in [1.29, 1.82) is 0 Å². The van der Waals surface area contributed by atoms with Crippen molar-refractivity contribution in [2.45, 2.75) is 39.2 Å². The number of nitrogens with zero attached hydrogens (tertiary/aromatic N) is 1. The predicted octanol–water partition coefficient (Wildman–Crippen LogP) is 2.64. The molecule has 1 unspecified atom stereocenters. The third-order valence-corrected chi connectivity index (χ3v) is 3.70. The normalized spacial score (nSPS) is 20.3. The minimum absolute atomic E-state index is 0.0113. The van der Waals surface area contributed by atoms with Crippen LogP contribution in [-0.4, -0.2) is 43.2 Å². The minimum atomic E-state index is 0.0113. The Balaban J connectivity index is 2.00. The first-order valence-electron chi connectivity index (χ1n) is 7.59. The molecule has 0 radical (unpaired) electrons. The van der Waals surface area contributed by atoms with E-state index < -0.39 is 0 Å². The molecule has 4 nitrogen and oxygen atoms in total. The van der Waals surface area contributed by atoms with Crippen LogP contribution in [0.5, 0.6) is 0 Å². The molecule has 1 N–H and O–H groups in total. The fourth-order valence-electron chi connectivity index (χ4n) is 2.67. The summed E-state index contributed by atoms with van der Waals surface area (Å²) in [6, 6.07) is 8.02. The number of carbonyl (C=O) groups excluding carboxylic acids is 1. The van der Waals surface area contributed by atoms with Gasteiger partial charge in [-0.2, -0.15) is 0 Å². The van der Waals surface area contributed by atoms with Crippen LogP contribution in [-0.2, 0) is 14.9 Å². The zero-order chi connectivity index (χ0) is 15.5. The Morgan fingerprint density at radius 2 is 2.10 bits per heavy atom. The Morgan fingerprint density at radius 3 is 2.76 bits per heavy atom. The van der Waals surface area contributed by atoms with Crippen molar-refractivity contribution in [3.63, 3.8) is 0 Å². The Morgan fingerprint density at radius 1 is 1.38 bits per heavy atom. The van der Waals surface area contributed by atoms with Crippen molar-refractivity contribution in [3.05, 3.63) is 29.8 Å². The van der Waals surface area contributed by atoms with E-state index in [1.54, 1.807) is 0 Å². The number of carbonyl (C=O) groups is 1. The smallest absolute Gasteiger partial charge is 0.238 e. The molecule has 2 rings (SSSR count). The molecule has 0 aromatic heterocycles. The number of morpholine rings is 1. The molecule has 21 heavy (non-hydrogen) atoms. The molecule has 4 heteroatoms. The van der Waals surface area contributed by atoms with Crippen LogP contribution >= 0.6 is 0 Å². The summed E-state index contributed by atoms with van der Waals surface area (Å²) in [4.78, 5) is 14.4. The number of nitrogens with one attached hydrogen (secondary N) is 1. The van der Waals surface area contributed by atoms with Crippen LogP contribution in [0.3, 0.4) is 0 Å². The van der Waals surface area contributed by atoms with E-state index in [2.05, 4.69) is 37.1 Å². The molecule has 0 saturated carbocycles. The van der Waals surface area contributed by atoms with Crippen molar-refractivity contribution in [2.24, 2.45) is 0 Å². The van der Waals surface area contributed by atoms with Gasteiger partial charge in [0.05, 0.1) is 19.3 Å². The molecule has 0 aliphatic carbocycles. The highest BCUT2D eigenvalue weighted by molar-refractivity contribution is 5.93. The maximum absolute atomic E-state index is 12.3. The highest BCUT2D eigenvalue weighted by Crippen LogP contribution is 2.29. The van der Waals surface area contributed by atoms with Crippen molar-refractivity contribution in [3.8, 4) is 0 Å². The topological polar surface area (TPSA) is 41.6 Å². The van der Waals surface area contributed by atoms with E-state index in [-0.39, 0.29) is 17.4 Å². The Hall–Kier alpha value is -1.39. The van der Waals surface area contributed by atoms with E-state index in [4.69, 9.17) is 4.74 Å². The molecule has 1 atom stereocenters. The van der Waals surface area contributed by atoms with Gasteiger partial charge in [-0.05, 0) is 24.0 Å². The molecule has 1 amide bonds. The van der Waals surface area contributed by atoms with Crippen LogP contribution in [0.15, 0.2) is 24.3 Å². The summed E-state index contributed by atoms with van der Waals surface area (Å²) in [5, 5.41) is 3.06. The van der Waals surface area contributed by atoms with Gasteiger partial charge in [0.2, 0.25) is 5.91 Å². The van der Waals surface area contributed by atoms with Crippen LogP contribution in [0.2, 0.25) is 0 Å². The largest absolute Gasteiger partial charge is 0.376 e. The van der Waals surface area contributed by atoms with Gasteiger partial charge in [0.25, 0.3) is 0 Å². The lowest BCUT2D eigenvalue weighted by atomic mass is 9.86. The van der Waals surface area contributed by atoms with Gasteiger partial charge in [-0.3, -0.25) is 9.69 Å². The lowest BCUT2D eigenvalue weighted by molar-refractivity contribution is -0.119. The van der Waals surface area contributed by atoms with Crippen LogP contribution in [0.25, 0.3) is 0 Å². The van der Waals surface area contributed by atoms with E-state index in [1.165, 1.54) is 0 Å². The highest BCUT2D eigenvalue weighted by Gasteiger charge is 2.21. The van der Waals surface area contributed by atoms with Crippen molar-refractivity contribution >= 4 is 11.6 Å². The van der Waals surface area contributed by atoms with Crippen LogP contribution in [0.4, 0.5) is 5.69 Å². The van der Waals surface area contributed by atoms with Gasteiger partial charge < -0.3 is 10.1 Å². The van der Waals surface area contributed by atoms with E-state index in [1.807, 2.05) is 25.1 Å². The lowest BCUT2D eigenvalue weighted by Crippen LogP contribution is -2.44. The second-order valence-corrected chi connectivity index (χ2v) is 6.76. The van der Waals surface area contributed by atoms with Crippen molar-refractivity contribution in [1.82, 2.24) is 4.90 Å². The quantitative estimate of drug-likeness (QED) is 0.930. The number of hydrogen-bond donors (Lipinski definition) is 1. The van der Waals surface area contributed by atoms with E-state index in [0.29, 0.717) is 13.2 Å². The minimum Gasteiger partial charge on any atom is -0.376 e. The molecule has 116 valence electrons. The molecular weight excluding hydrogens is 264 g/mol. The molecule has 1 aromatic rings. The highest BCUT2D eigenvalue weighted by atomic mass is 16.5. The molecule has 1 aromatic carbocycles. The summed E-state index contributed by atoms with van der Waals surface area (Å²) in [5.41, 5.74) is 2.09. The van der Waals surface area contributed by atoms with E-state index in [0.717, 1.165) is 24.3 Å². The van der Waals surface area contributed by atoms with E-state index in [9.17, 15) is 4.79 Å². The zero-order valence-electron chi connectivity index (χ0n) is 13.5. The summed E-state index contributed by atoms with van der Waals surface area (Å²) < 4.78 is 5.50. The predicted molar refractivity (Wildman–Crippen MR) is 85.6 cm³/mol. The standard InChI is InChI=1S/C17H26N2O2/c1-13-11-19(9-10-21-13)12-16(20)18-15-8-6-5-7-14(15)17(2,3)4/h5-8,13H,9-12H2,1-4H3,(H,18,20). The fourth-order valence-corrected chi connectivity index (χ4v) is 2.67. The Labute approximate surface area is 127 Å². The molecule has 1 saturated heterocycles. The monoisotopic (exact) mass is 290 g/mol. The van der Waals surface area contributed by atoms with Gasteiger partial charge >= 0.3 is 0 Å². The third kappa shape index (κ3) is 4.55. The average Bonchev–Trinajstić information content (AvgIpc) is 2.37. The number of para-hydroxylation sites is 1. The van der Waals surface area contributed by atoms with Gasteiger partial charge in [-0.1, -0.05) is 39.0 Å². The summed E-state index contributed by atoms with van der Waals surface area (Å²) in [6.07, 6.45) is 0.202. The molecule has 1 aliphatic heterocycles. The van der Waals surface area contributed by atoms with Gasteiger partial charge in [0.1, 0.15) is 0 Å². The second-order valence-electron chi connectivity index (χ2n) is 6.76. The van der Waals surface area contributed by atoms with Gasteiger partial charge in [0.15, 0.2) is 0 Å². The Kier molecular flexibility index (Phi) is 5.01. The summed E-state index contributed by atoms with van der Waals surface area (Å²) in [7, 11) is 0. The number of benzene rings is 1. The van der Waals surface area contributed by atoms with Crippen LogP contribution < -0.4 is 5.32 Å². The third-order valence-electron chi connectivity index (χ3n) is 3.70. The van der Waals surface area contributed by atoms with Crippen molar-refractivity contribution in [2.75, 3.05) is 31.6 Å². The molecular formula is C17H26N2O2. The maximum atomic E-state index is 12.3. The Bertz CT molecular complexity index is 494. The first-order valence-corrected chi connectivity index (χ1v) is 7.59. The summed E-state index contributed by atoms with van der Waals surface area (Å²) >= 11 is 0. The summed E-state index contributed by atoms with van der Waals surface area (Å²) in [5.74, 6) is 0.0424. The van der Waals surface area contributed by atoms with Crippen LogP contribution in [0.1, 0.15) is 33.3 Å². The number of ether oxygens (including phenoxy) is 1. The number of anilines is 1. The molecule has 1 fully saturated rings. The number of amides is 1.